The molecule has 2 heterocycles. The van der Waals surface area contributed by atoms with Crippen molar-refractivity contribution in [2.24, 2.45) is 0 Å². The maximum absolute atomic E-state index is 10.8. The molecule has 18 heavy (non-hydrogen) atoms. The number of pyridine rings is 1. The number of para-hydroxylation sites is 1. The molecule has 0 saturated carbocycles. The van der Waals surface area contributed by atoms with Gasteiger partial charge in [-0.15, -0.1) is 0 Å². The maximum Gasteiger partial charge on any atom is 0.163 e. The van der Waals surface area contributed by atoms with Crippen LogP contribution in [0.1, 0.15) is 16.1 Å². The molecule has 88 valence electrons. The molecule has 0 radical (unpaired) electrons. The van der Waals surface area contributed by atoms with Gasteiger partial charge in [-0.05, 0) is 25.1 Å². The SMILES string of the molecule is Cc1nn(-c2ccccc2)c2ncc(C=O)cc12. The predicted molar refractivity (Wildman–Crippen MR) is 69.0 cm³/mol. The van der Waals surface area contributed by atoms with Crippen molar-refractivity contribution < 1.29 is 4.79 Å². The number of benzene rings is 1. The van der Waals surface area contributed by atoms with Crippen molar-refractivity contribution in [3.8, 4) is 5.69 Å². The Morgan fingerprint density at radius 1 is 1.22 bits per heavy atom. The van der Waals surface area contributed by atoms with E-state index in [1.165, 1.54) is 0 Å². The maximum atomic E-state index is 10.8. The number of nitrogens with zero attached hydrogens (tertiary/aromatic N) is 3. The Kier molecular flexibility index (Phi) is 2.41. The van der Waals surface area contributed by atoms with E-state index in [2.05, 4.69) is 10.1 Å². The molecule has 0 atom stereocenters. The first-order chi connectivity index (χ1) is 8.79. The molecule has 0 unspecified atom stereocenters. The molecule has 4 heteroatoms. The van der Waals surface area contributed by atoms with Gasteiger partial charge in [0.15, 0.2) is 11.9 Å². The van der Waals surface area contributed by atoms with Crippen LogP contribution in [0.25, 0.3) is 16.7 Å². The van der Waals surface area contributed by atoms with Crippen LogP contribution >= 0.6 is 0 Å². The number of carbonyl (C=O) groups excluding carboxylic acids is 1. The molecule has 1 aromatic carbocycles. The van der Waals surface area contributed by atoms with E-state index in [1.807, 2.05) is 43.3 Å². The zero-order valence-electron chi connectivity index (χ0n) is 9.87. The second-order valence-corrected chi connectivity index (χ2v) is 4.09. The molecule has 4 nitrogen and oxygen atoms in total. The number of carbonyl (C=O) groups is 1. The average Bonchev–Trinajstić information content (AvgIpc) is 2.77. The summed E-state index contributed by atoms with van der Waals surface area (Å²) in [5.41, 5.74) is 3.16. The quantitative estimate of drug-likeness (QED) is 0.643. The average molecular weight is 237 g/mol. The van der Waals surface area contributed by atoms with E-state index in [-0.39, 0.29) is 0 Å². The largest absolute Gasteiger partial charge is 0.298 e. The van der Waals surface area contributed by atoms with Gasteiger partial charge in [0, 0.05) is 17.1 Å². The summed E-state index contributed by atoms with van der Waals surface area (Å²) in [7, 11) is 0. The molecule has 0 fully saturated rings. The topological polar surface area (TPSA) is 47.8 Å². The van der Waals surface area contributed by atoms with Crippen molar-refractivity contribution in [3.63, 3.8) is 0 Å². The molecule has 0 amide bonds. The van der Waals surface area contributed by atoms with Crippen molar-refractivity contribution >= 4 is 17.3 Å². The highest BCUT2D eigenvalue weighted by molar-refractivity contribution is 5.86. The van der Waals surface area contributed by atoms with Crippen molar-refractivity contribution in [2.45, 2.75) is 6.92 Å². The standard InChI is InChI=1S/C14H11N3O/c1-10-13-7-11(9-18)8-15-14(13)17(16-10)12-5-3-2-4-6-12/h2-9H,1H3. The van der Waals surface area contributed by atoms with Gasteiger partial charge in [-0.25, -0.2) is 9.67 Å². The summed E-state index contributed by atoms with van der Waals surface area (Å²) in [5.74, 6) is 0. The Morgan fingerprint density at radius 2 is 2.00 bits per heavy atom. The summed E-state index contributed by atoms with van der Waals surface area (Å²) in [6, 6.07) is 11.6. The lowest BCUT2D eigenvalue weighted by Crippen LogP contribution is -1.97. The molecule has 0 aliphatic heterocycles. The first kappa shape index (κ1) is 10.7. The van der Waals surface area contributed by atoms with E-state index in [0.29, 0.717) is 5.56 Å². The van der Waals surface area contributed by atoms with Crippen molar-refractivity contribution in [1.82, 2.24) is 14.8 Å². The minimum absolute atomic E-state index is 0.568. The number of hydrogen-bond acceptors (Lipinski definition) is 3. The second kappa shape index (κ2) is 4.07. The molecular formula is C14H11N3O. The van der Waals surface area contributed by atoms with Crippen LogP contribution in [0.3, 0.4) is 0 Å². The minimum atomic E-state index is 0.568. The van der Waals surface area contributed by atoms with Crippen molar-refractivity contribution in [2.75, 3.05) is 0 Å². The number of fused-ring (bicyclic) bond motifs is 1. The van der Waals surface area contributed by atoms with E-state index in [0.717, 1.165) is 28.7 Å². The summed E-state index contributed by atoms with van der Waals surface area (Å²) in [5, 5.41) is 5.38. The zero-order chi connectivity index (χ0) is 12.5. The smallest absolute Gasteiger partial charge is 0.163 e. The van der Waals surface area contributed by atoms with Crippen LogP contribution in [-0.2, 0) is 0 Å². The van der Waals surface area contributed by atoms with Gasteiger partial charge in [-0.1, -0.05) is 18.2 Å². The molecule has 0 aliphatic rings. The van der Waals surface area contributed by atoms with Crippen LogP contribution < -0.4 is 0 Å². The van der Waals surface area contributed by atoms with Gasteiger partial charge >= 0.3 is 0 Å². The number of rotatable bonds is 2. The number of aromatic nitrogens is 3. The monoisotopic (exact) mass is 237 g/mol. The van der Waals surface area contributed by atoms with E-state index in [9.17, 15) is 4.79 Å². The highest BCUT2D eigenvalue weighted by Gasteiger charge is 2.10. The van der Waals surface area contributed by atoms with Crippen LogP contribution in [0.4, 0.5) is 0 Å². The Balaban J connectivity index is 2.29. The fraction of sp³-hybridized carbons (Fsp3) is 0.0714. The molecule has 0 bridgehead atoms. The van der Waals surface area contributed by atoms with Gasteiger partial charge in [0.1, 0.15) is 0 Å². The van der Waals surface area contributed by atoms with E-state index in [4.69, 9.17) is 0 Å². The summed E-state index contributed by atoms with van der Waals surface area (Å²) in [6.45, 7) is 1.91. The first-order valence-electron chi connectivity index (χ1n) is 5.65. The van der Waals surface area contributed by atoms with Crippen LogP contribution in [0, 0.1) is 6.92 Å². The van der Waals surface area contributed by atoms with Gasteiger partial charge in [-0.2, -0.15) is 5.10 Å². The van der Waals surface area contributed by atoms with Gasteiger partial charge < -0.3 is 0 Å². The van der Waals surface area contributed by atoms with Crippen LogP contribution in [-0.4, -0.2) is 21.1 Å². The molecule has 0 spiro atoms. The first-order valence-corrected chi connectivity index (χ1v) is 5.65. The summed E-state index contributed by atoms with van der Waals surface area (Å²) in [6.07, 6.45) is 2.36. The molecule has 0 aliphatic carbocycles. The summed E-state index contributed by atoms with van der Waals surface area (Å²) < 4.78 is 1.79. The van der Waals surface area contributed by atoms with Gasteiger partial charge in [-0.3, -0.25) is 4.79 Å². The van der Waals surface area contributed by atoms with Crippen LogP contribution in [0.5, 0.6) is 0 Å². The van der Waals surface area contributed by atoms with Gasteiger partial charge in [0.05, 0.1) is 11.4 Å². The summed E-state index contributed by atoms with van der Waals surface area (Å²) >= 11 is 0. The molecule has 3 aromatic rings. The Bertz CT molecular complexity index is 716. The molecule has 3 rings (SSSR count). The zero-order valence-corrected chi connectivity index (χ0v) is 9.87. The Morgan fingerprint density at radius 3 is 2.72 bits per heavy atom. The lowest BCUT2D eigenvalue weighted by molar-refractivity contribution is 0.112. The van der Waals surface area contributed by atoms with E-state index in [1.54, 1.807) is 10.9 Å². The lowest BCUT2D eigenvalue weighted by atomic mass is 10.2. The van der Waals surface area contributed by atoms with Crippen molar-refractivity contribution in [3.05, 3.63) is 53.9 Å². The summed E-state index contributed by atoms with van der Waals surface area (Å²) in [4.78, 5) is 15.1. The van der Waals surface area contributed by atoms with Crippen LogP contribution in [0.15, 0.2) is 42.6 Å². The normalized spacial score (nSPS) is 10.7. The number of hydrogen-bond donors (Lipinski definition) is 0. The number of aldehydes is 1. The molecule has 0 saturated heterocycles. The predicted octanol–water partition coefficient (Wildman–Crippen LogP) is 2.54. The number of aryl methyl sites for hydroxylation is 1. The fourth-order valence-corrected chi connectivity index (χ4v) is 1.97. The third-order valence-corrected chi connectivity index (χ3v) is 2.87. The lowest BCUT2D eigenvalue weighted by Gasteiger charge is -2.01. The highest BCUT2D eigenvalue weighted by Crippen LogP contribution is 2.20. The second-order valence-electron chi connectivity index (χ2n) is 4.09. The van der Waals surface area contributed by atoms with E-state index >= 15 is 0 Å². The van der Waals surface area contributed by atoms with E-state index < -0.39 is 0 Å². The fourth-order valence-electron chi connectivity index (χ4n) is 1.97. The third kappa shape index (κ3) is 1.59. The highest BCUT2D eigenvalue weighted by atomic mass is 16.1. The molecule has 2 aromatic heterocycles. The minimum Gasteiger partial charge on any atom is -0.298 e. The molecule has 0 N–H and O–H groups in total. The Hall–Kier alpha value is -2.49. The van der Waals surface area contributed by atoms with Gasteiger partial charge in [0.25, 0.3) is 0 Å². The van der Waals surface area contributed by atoms with Gasteiger partial charge in [0.2, 0.25) is 0 Å². The third-order valence-electron chi connectivity index (χ3n) is 2.87. The Labute approximate surface area is 104 Å². The molecular weight excluding hydrogens is 226 g/mol. The van der Waals surface area contributed by atoms with Crippen LogP contribution in [0.2, 0.25) is 0 Å². The van der Waals surface area contributed by atoms with Crippen molar-refractivity contribution in [1.29, 1.82) is 0 Å².